The second-order valence-electron chi connectivity index (χ2n) is 6.48. The third-order valence-corrected chi connectivity index (χ3v) is 4.52. The van der Waals surface area contributed by atoms with Gasteiger partial charge in [0.1, 0.15) is 0 Å². The summed E-state index contributed by atoms with van der Waals surface area (Å²) in [6.45, 7) is 11.4. The van der Waals surface area contributed by atoms with E-state index in [4.69, 9.17) is 0 Å². The Bertz CT molecular complexity index is 396. The molecule has 0 bridgehead atoms. The van der Waals surface area contributed by atoms with E-state index in [9.17, 15) is 0 Å². The number of hydrogen-bond acceptors (Lipinski definition) is 2. The van der Waals surface area contributed by atoms with Crippen molar-refractivity contribution >= 4 is 5.69 Å². The van der Waals surface area contributed by atoms with Crippen molar-refractivity contribution in [3.63, 3.8) is 0 Å². The standard InChI is InChI=1S/C18H30N2/c1-5-17-11-13-20(12-10-15(4)19-17)18-8-6-16(7-9-18)14(2)3/h6-9,14-15,17,19H,5,10-13H2,1-4H3. The average molecular weight is 274 g/mol. The highest BCUT2D eigenvalue weighted by atomic mass is 15.1. The van der Waals surface area contributed by atoms with Crippen molar-refractivity contribution in [2.45, 2.75) is 65.0 Å². The van der Waals surface area contributed by atoms with Crippen LogP contribution in [0.1, 0.15) is 58.4 Å². The van der Waals surface area contributed by atoms with E-state index in [1.807, 2.05) is 0 Å². The molecule has 2 atom stereocenters. The molecule has 0 saturated carbocycles. The van der Waals surface area contributed by atoms with Gasteiger partial charge in [-0.2, -0.15) is 0 Å². The van der Waals surface area contributed by atoms with E-state index in [-0.39, 0.29) is 0 Å². The molecule has 1 saturated heterocycles. The number of rotatable bonds is 3. The molecule has 1 aliphatic heterocycles. The van der Waals surface area contributed by atoms with E-state index in [1.165, 1.54) is 37.1 Å². The fourth-order valence-electron chi connectivity index (χ4n) is 2.99. The van der Waals surface area contributed by atoms with E-state index in [0.717, 1.165) is 6.54 Å². The Morgan fingerprint density at radius 2 is 1.80 bits per heavy atom. The molecule has 2 unspecified atom stereocenters. The predicted molar refractivity (Wildman–Crippen MR) is 88.7 cm³/mol. The minimum Gasteiger partial charge on any atom is -0.371 e. The first kappa shape index (κ1) is 15.4. The summed E-state index contributed by atoms with van der Waals surface area (Å²) in [4.78, 5) is 2.56. The van der Waals surface area contributed by atoms with Crippen molar-refractivity contribution in [1.29, 1.82) is 0 Å². The largest absolute Gasteiger partial charge is 0.371 e. The van der Waals surface area contributed by atoms with Crippen molar-refractivity contribution in [3.8, 4) is 0 Å². The van der Waals surface area contributed by atoms with Crippen LogP contribution in [0.5, 0.6) is 0 Å². The van der Waals surface area contributed by atoms with Crippen LogP contribution in [-0.4, -0.2) is 25.2 Å². The minimum absolute atomic E-state index is 0.616. The molecule has 0 aromatic heterocycles. The summed E-state index contributed by atoms with van der Waals surface area (Å²) >= 11 is 0. The number of hydrogen-bond donors (Lipinski definition) is 1. The average Bonchev–Trinajstić information content (AvgIpc) is 2.43. The Balaban J connectivity index is 2.06. The fraction of sp³-hybridized carbons (Fsp3) is 0.667. The van der Waals surface area contributed by atoms with E-state index < -0.39 is 0 Å². The summed E-state index contributed by atoms with van der Waals surface area (Å²) in [6, 6.07) is 10.5. The van der Waals surface area contributed by atoms with E-state index in [1.54, 1.807) is 0 Å². The molecule has 2 heteroatoms. The van der Waals surface area contributed by atoms with Gasteiger partial charge in [-0.15, -0.1) is 0 Å². The molecule has 1 N–H and O–H groups in total. The Labute approximate surface area is 124 Å². The second-order valence-corrected chi connectivity index (χ2v) is 6.48. The van der Waals surface area contributed by atoms with Gasteiger partial charge in [-0.05, 0) is 49.8 Å². The lowest BCUT2D eigenvalue weighted by Crippen LogP contribution is -2.44. The molecule has 1 aromatic rings. The van der Waals surface area contributed by atoms with Gasteiger partial charge in [-0.25, -0.2) is 0 Å². The van der Waals surface area contributed by atoms with Crippen LogP contribution in [0.4, 0.5) is 5.69 Å². The summed E-state index contributed by atoms with van der Waals surface area (Å²) in [5.41, 5.74) is 2.82. The molecule has 1 heterocycles. The van der Waals surface area contributed by atoms with Gasteiger partial charge in [-0.3, -0.25) is 0 Å². The monoisotopic (exact) mass is 274 g/mol. The maximum Gasteiger partial charge on any atom is 0.0366 e. The van der Waals surface area contributed by atoms with Gasteiger partial charge < -0.3 is 10.2 Å². The van der Waals surface area contributed by atoms with E-state index in [0.29, 0.717) is 18.0 Å². The first-order valence-corrected chi connectivity index (χ1v) is 8.21. The van der Waals surface area contributed by atoms with Crippen molar-refractivity contribution < 1.29 is 0 Å². The minimum atomic E-state index is 0.616. The zero-order valence-corrected chi connectivity index (χ0v) is 13.5. The third kappa shape index (κ3) is 3.99. The highest BCUT2D eigenvalue weighted by Crippen LogP contribution is 2.22. The summed E-state index contributed by atoms with van der Waals surface area (Å²) in [7, 11) is 0. The highest BCUT2D eigenvalue weighted by Gasteiger charge is 2.17. The van der Waals surface area contributed by atoms with Gasteiger partial charge in [-0.1, -0.05) is 32.9 Å². The molecular weight excluding hydrogens is 244 g/mol. The van der Waals surface area contributed by atoms with Crippen LogP contribution in [-0.2, 0) is 0 Å². The van der Waals surface area contributed by atoms with Gasteiger partial charge >= 0.3 is 0 Å². The lowest BCUT2D eigenvalue weighted by molar-refractivity contribution is 0.378. The maximum atomic E-state index is 3.74. The zero-order chi connectivity index (χ0) is 14.5. The predicted octanol–water partition coefficient (Wildman–Crippen LogP) is 4.17. The van der Waals surface area contributed by atoms with Crippen molar-refractivity contribution in [2.24, 2.45) is 0 Å². The molecule has 2 rings (SSSR count). The lowest BCUT2D eigenvalue weighted by atomic mass is 10.0. The molecular formula is C18H30N2. The summed E-state index contributed by atoms with van der Waals surface area (Å²) in [5, 5.41) is 3.74. The molecule has 0 amide bonds. The molecule has 1 fully saturated rings. The van der Waals surface area contributed by atoms with Crippen LogP contribution in [0.3, 0.4) is 0 Å². The molecule has 1 aliphatic rings. The molecule has 1 aromatic carbocycles. The molecule has 0 radical (unpaired) electrons. The first-order chi connectivity index (χ1) is 9.60. The lowest BCUT2D eigenvalue weighted by Gasteiger charge is -2.33. The van der Waals surface area contributed by atoms with Crippen molar-refractivity contribution in [1.82, 2.24) is 5.32 Å². The molecule has 0 spiro atoms. The topological polar surface area (TPSA) is 15.3 Å². The van der Waals surface area contributed by atoms with Crippen LogP contribution < -0.4 is 10.2 Å². The van der Waals surface area contributed by atoms with Crippen molar-refractivity contribution in [3.05, 3.63) is 29.8 Å². The Kier molecular flexibility index (Phi) is 5.47. The molecule has 20 heavy (non-hydrogen) atoms. The third-order valence-electron chi connectivity index (χ3n) is 4.52. The van der Waals surface area contributed by atoms with E-state index >= 15 is 0 Å². The SMILES string of the molecule is CCC1CCN(c2ccc(C(C)C)cc2)CCC(C)N1. The van der Waals surface area contributed by atoms with Gasteiger partial charge in [0.2, 0.25) is 0 Å². The number of anilines is 1. The van der Waals surface area contributed by atoms with Crippen LogP contribution in [0, 0.1) is 0 Å². The maximum absolute atomic E-state index is 3.74. The highest BCUT2D eigenvalue weighted by molar-refractivity contribution is 5.48. The van der Waals surface area contributed by atoms with Gasteiger partial charge in [0.25, 0.3) is 0 Å². The van der Waals surface area contributed by atoms with Gasteiger partial charge in [0, 0.05) is 30.9 Å². The van der Waals surface area contributed by atoms with Crippen LogP contribution in [0.2, 0.25) is 0 Å². The quantitative estimate of drug-likeness (QED) is 0.890. The second kappa shape index (κ2) is 7.12. The zero-order valence-electron chi connectivity index (χ0n) is 13.5. The number of nitrogens with one attached hydrogen (secondary N) is 1. The van der Waals surface area contributed by atoms with Gasteiger partial charge in [0.05, 0.1) is 0 Å². The molecule has 0 aliphatic carbocycles. The van der Waals surface area contributed by atoms with Crippen LogP contribution in [0.15, 0.2) is 24.3 Å². The van der Waals surface area contributed by atoms with Crippen LogP contribution >= 0.6 is 0 Å². The Hall–Kier alpha value is -1.02. The summed E-state index contributed by atoms with van der Waals surface area (Å²) < 4.78 is 0. The normalized spacial score (nSPS) is 24.6. The van der Waals surface area contributed by atoms with Gasteiger partial charge in [0.15, 0.2) is 0 Å². The Morgan fingerprint density at radius 1 is 1.15 bits per heavy atom. The summed E-state index contributed by atoms with van der Waals surface area (Å²) in [5.74, 6) is 0.616. The number of benzene rings is 1. The smallest absolute Gasteiger partial charge is 0.0366 e. The van der Waals surface area contributed by atoms with Crippen molar-refractivity contribution in [2.75, 3.05) is 18.0 Å². The molecule has 2 nitrogen and oxygen atoms in total. The fourth-order valence-corrected chi connectivity index (χ4v) is 2.99. The molecule has 112 valence electrons. The number of nitrogens with zero attached hydrogens (tertiary/aromatic N) is 1. The Morgan fingerprint density at radius 3 is 2.40 bits per heavy atom. The van der Waals surface area contributed by atoms with E-state index in [2.05, 4.69) is 62.2 Å². The van der Waals surface area contributed by atoms with Crippen LogP contribution in [0.25, 0.3) is 0 Å². The summed E-state index contributed by atoms with van der Waals surface area (Å²) in [6.07, 6.45) is 3.69. The first-order valence-electron chi connectivity index (χ1n) is 8.21.